The number of benzene rings is 1. The Morgan fingerprint density at radius 2 is 2.21 bits per heavy atom. The second-order valence-electron chi connectivity index (χ2n) is 2.69. The molecule has 0 aliphatic heterocycles. The van der Waals surface area contributed by atoms with Gasteiger partial charge < -0.3 is 5.73 Å². The molecule has 14 heavy (non-hydrogen) atoms. The molecule has 0 aliphatic carbocycles. The van der Waals surface area contributed by atoms with Crippen molar-refractivity contribution in [3.8, 4) is 10.6 Å². The van der Waals surface area contributed by atoms with Gasteiger partial charge in [-0.3, -0.25) is 0 Å². The van der Waals surface area contributed by atoms with Crippen molar-refractivity contribution >= 4 is 54.9 Å². The number of hydrogen-bond acceptors (Lipinski definition) is 3. The van der Waals surface area contributed by atoms with Crippen LogP contribution in [-0.4, -0.2) is 4.98 Å². The van der Waals surface area contributed by atoms with Crippen LogP contribution in [0.15, 0.2) is 28.9 Å². The van der Waals surface area contributed by atoms with Crippen LogP contribution in [0.3, 0.4) is 0 Å². The summed E-state index contributed by atoms with van der Waals surface area (Å²) >= 11 is 7.24. The van der Waals surface area contributed by atoms with Gasteiger partial charge in [-0.1, -0.05) is 27.3 Å². The van der Waals surface area contributed by atoms with E-state index >= 15 is 0 Å². The van der Waals surface area contributed by atoms with Gasteiger partial charge in [-0.2, -0.15) is 0 Å². The first-order chi connectivity index (χ1) is 6.66. The molecule has 0 saturated carbocycles. The van der Waals surface area contributed by atoms with E-state index in [1.807, 2.05) is 6.07 Å². The molecule has 5 heteroatoms. The van der Waals surface area contributed by atoms with Gasteiger partial charge in [0.1, 0.15) is 10.0 Å². The molecule has 0 saturated heterocycles. The summed E-state index contributed by atoms with van der Waals surface area (Å²) in [7, 11) is 0. The molecule has 2 rings (SSSR count). The Balaban J connectivity index is 2.55. The lowest BCUT2D eigenvalue weighted by Crippen LogP contribution is -1.81. The highest BCUT2D eigenvalue weighted by Gasteiger charge is 2.07. The minimum atomic E-state index is 0.746. The fraction of sp³-hybridized carbons (Fsp3) is 0. The van der Waals surface area contributed by atoms with Crippen molar-refractivity contribution in [3.63, 3.8) is 0 Å². The van der Waals surface area contributed by atoms with Crippen LogP contribution >= 0.6 is 49.9 Å². The van der Waals surface area contributed by atoms with Crippen molar-refractivity contribution in [1.82, 2.24) is 4.98 Å². The summed E-state index contributed by atoms with van der Waals surface area (Å²) in [5.74, 6) is 0. The highest BCUT2D eigenvalue weighted by molar-refractivity contribution is 14.1. The van der Waals surface area contributed by atoms with Crippen LogP contribution in [0.1, 0.15) is 0 Å². The van der Waals surface area contributed by atoms with E-state index in [0.717, 1.165) is 20.0 Å². The summed E-state index contributed by atoms with van der Waals surface area (Å²) in [5, 5.41) is 1.71. The monoisotopic (exact) mass is 380 g/mol. The minimum absolute atomic E-state index is 0.746. The average Bonchev–Trinajstić information content (AvgIpc) is 2.56. The van der Waals surface area contributed by atoms with E-state index in [0.29, 0.717) is 0 Å². The lowest BCUT2D eigenvalue weighted by molar-refractivity contribution is 1.40. The van der Waals surface area contributed by atoms with Crippen LogP contribution in [0.25, 0.3) is 10.6 Å². The van der Waals surface area contributed by atoms with Gasteiger partial charge >= 0.3 is 0 Å². The first-order valence-corrected chi connectivity index (χ1v) is 6.52. The highest BCUT2D eigenvalue weighted by atomic mass is 127. The molecule has 2 aromatic rings. The van der Waals surface area contributed by atoms with Crippen molar-refractivity contribution in [2.45, 2.75) is 0 Å². The number of rotatable bonds is 1. The van der Waals surface area contributed by atoms with Crippen molar-refractivity contribution in [2.24, 2.45) is 0 Å². The maximum absolute atomic E-state index is 5.65. The Kier molecular flexibility index (Phi) is 3.08. The summed E-state index contributed by atoms with van der Waals surface area (Å²) in [6.07, 6.45) is 1.69. The number of halogens is 2. The van der Waals surface area contributed by atoms with E-state index in [2.05, 4.69) is 55.6 Å². The topological polar surface area (TPSA) is 38.9 Å². The van der Waals surface area contributed by atoms with Gasteiger partial charge in [0.05, 0.1) is 6.20 Å². The smallest absolute Gasteiger partial charge is 0.126 e. The summed E-state index contributed by atoms with van der Waals surface area (Å²) in [5.41, 5.74) is 6.77. The second-order valence-corrected chi connectivity index (χ2v) is 5.83. The Morgan fingerprint density at radius 1 is 1.43 bits per heavy atom. The quantitative estimate of drug-likeness (QED) is 0.765. The average molecular weight is 381 g/mol. The first-order valence-electron chi connectivity index (χ1n) is 3.83. The molecule has 72 valence electrons. The van der Waals surface area contributed by atoms with E-state index in [1.165, 1.54) is 14.9 Å². The lowest BCUT2D eigenvalue weighted by atomic mass is 10.2. The summed E-state index contributed by atoms with van der Waals surface area (Å²) < 4.78 is 2.24. The van der Waals surface area contributed by atoms with E-state index in [9.17, 15) is 0 Å². The fourth-order valence-corrected chi connectivity index (χ4v) is 2.92. The zero-order chi connectivity index (χ0) is 10.1. The van der Waals surface area contributed by atoms with E-state index in [1.54, 1.807) is 6.20 Å². The van der Waals surface area contributed by atoms with Gasteiger partial charge in [-0.05, 0) is 40.8 Å². The van der Waals surface area contributed by atoms with Gasteiger partial charge in [-0.25, -0.2) is 4.98 Å². The molecule has 0 fully saturated rings. The number of nitrogens with zero attached hydrogens (tertiary/aromatic N) is 1. The number of thiazole rings is 1. The largest absolute Gasteiger partial charge is 0.389 e. The molecule has 0 spiro atoms. The van der Waals surface area contributed by atoms with E-state index < -0.39 is 0 Å². The third-order valence-electron chi connectivity index (χ3n) is 1.68. The van der Waals surface area contributed by atoms with Crippen LogP contribution in [0.5, 0.6) is 0 Å². The zero-order valence-corrected chi connectivity index (χ0v) is 11.6. The Bertz CT molecular complexity index is 470. The Hall–Kier alpha value is -0.140. The van der Waals surface area contributed by atoms with Crippen LogP contribution in [0.2, 0.25) is 0 Å². The molecular formula is C9H6BrIN2S. The number of hydrogen-bond donors (Lipinski definition) is 1. The minimum Gasteiger partial charge on any atom is -0.389 e. The van der Waals surface area contributed by atoms with Crippen molar-refractivity contribution < 1.29 is 0 Å². The van der Waals surface area contributed by atoms with Crippen LogP contribution in [0, 0.1) is 3.57 Å². The first kappa shape index (κ1) is 10.4. The molecule has 0 amide bonds. The molecule has 1 aromatic heterocycles. The fourth-order valence-electron chi connectivity index (χ4n) is 1.07. The molecule has 2 nitrogen and oxygen atoms in total. The molecule has 0 atom stereocenters. The lowest BCUT2D eigenvalue weighted by Gasteiger charge is -2.00. The summed E-state index contributed by atoms with van der Waals surface area (Å²) in [6.45, 7) is 0. The molecule has 0 bridgehead atoms. The van der Waals surface area contributed by atoms with Gasteiger partial charge in [0.2, 0.25) is 0 Å². The molecule has 0 aliphatic rings. The normalized spacial score (nSPS) is 10.4. The third kappa shape index (κ3) is 2.09. The van der Waals surface area contributed by atoms with Gasteiger partial charge in [-0.15, -0.1) is 0 Å². The van der Waals surface area contributed by atoms with Crippen molar-refractivity contribution in [1.29, 1.82) is 0 Å². The van der Waals surface area contributed by atoms with Crippen molar-refractivity contribution in [3.05, 3.63) is 32.4 Å². The van der Waals surface area contributed by atoms with Gasteiger partial charge in [0.15, 0.2) is 0 Å². The maximum Gasteiger partial charge on any atom is 0.126 e. The number of nitrogens with two attached hydrogens (primary N) is 1. The molecule has 0 radical (unpaired) electrons. The summed E-state index contributed by atoms with van der Waals surface area (Å²) in [4.78, 5) is 4.26. The Labute approximate surface area is 108 Å². The molecule has 1 aromatic carbocycles. The van der Waals surface area contributed by atoms with Gasteiger partial charge in [0, 0.05) is 13.6 Å². The van der Waals surface area contributed by atoms with Crippen LogP contribution in [-0.2, 0) is 0 Å². The Morgan fingerprint density at radius 3 is 2.86 bits per heavy atom. The SMILES string of the molecule is Nc1cnc(-c2cc(Br)ccc2I)s1. The van der Waals surface area contributed by atoms with Crippen molar-refractivity contribution in [2.75, 3.05) is 5.73 Å². The van der Waals surface area contributed by atoms with E-state index in [4.69, 9.17) is 5.73 Å². The standard InChI is InChI=1S/C9H6BrIN2S/c10-5-1-2-7(11)6(3-5)9-13-4-8(12)14-9/h1-4H,12H2. The number of anilines is 1. The van der Waals surface area contributed by atoms with Crippen LogP contribution < -0.4 is 5.73 Å². The highest BCUT2D eigenvalue weighted by Crippen LogP contribution is 2.32. The van der Waals surface area contributed by atoms with Gasteiger partial charge in [0.25, 0.3) is 0 Å². The molecule has 0 unspecified atom stereocenters. The predicted molar refractivity (Wildman–Crippen MR) is 72.4 cm³/mol. The number of aromatic nitrogens is 1. The number of nitrogen functional groups attached to an aromatic ring is 1. The maximum atomic E-state index is 5.65. The molecular weight excluding hydrogens is 375 g/mol. The van der Waals surface area contributed by atoms with E-state index in [-0.39, 0.29) is 0 Å². The second kappa shape index (κ2) is 4.16. The third-order valence-corrected chi connectivity index (χ3v) is 3.98. The molecule has 1 heterocycles. The molecule has 2 N–H and O–H groups in total. The predicted octanol–water partition coefficient (Wildman–Crippen LogP) is 3.76. The summed E-state index contributed by atoms with van der Waals surface area (Å²) in [6, 6.07) is 6.12. The zero-order valence-electron chi connectivity index (χ0n) is 7.00. The van der Waals surface area contributed by atoms with Crippen LogP contribution in [0.4, 0.5) is 5.00 Å².